The van der Waals surface area contributed by atoms with Crippen molar-refractivity contribution in [2.45, 2.75) is 43.4 Å². The van der Waals surface area contributed by atoms with Crippen LogP contribution < -0.4 is 10.2 Å². The third-order valence-corrected chi connectivity index (χ3v) is 6.15. The maximum atomic E-state index is 12.2. The van der Waals surface area contributed by atoms with Crippen molar-refractivity contribution in [3.05, 3.63) is 18.5 Å². The molecule has 1 aliphatic carbocycles. The second-order valence-electron chi connectivity index (χ2n) is 6.54. The van der Waals surface area contributed by atoms with Gasteiger partial charge in [0.05, 0.1) is 5.75 Å². The smallest absolute Gasteiger partial charge is 0.230 e. The Labute approximate surface area is 145 Å². The van der Waals surface area contributed by atoms with Gasteiger partial charge in [0, 0.05) is 24.4 Å². The van der Waals surface area contributed by atoms with Crippen LogP contribution in [-0.2, 0) is 4.79 Å². The van der Waals surface area contributed by atoms with Gasteiger partial charge in [0.25, 0.3) is 0 Å². The molecule has 0 spiro atoms. The van der Waals surface area contributed by atoms with Gasteiger partial charge in [-0.3, -0.25) is 4.79 Å². The molecule has 24 heavy (non-hydrogen) atoms. The van der Waals surface area contributed by atoms with E-state index in [9.17, 15) is 4.79 Å². The summed E-state index contributed by atoms with van der Waals surface area (Å²) in [6.45, 7) is 1.71. The zero-order chi connectivity index (χ0) is 16.4. The lowest BCUT2D eigenvalue weighted by Gasteiger charge is -2.18. The fourth-order valence-electron chi connectivity index (χ4n) is 3.49. The van der Waals surface area contributed by atoms with Crippen LogP contribution in [0.2, 0.25) is 0 Å². The average molecular weight is 346 g/mol. The Balaban J connectivity index is 1.28. The van der Waals surface area contributed by atoms with Crippen LogP contribution in [-0.4, -0.2) is 55.9 Å². The number of amides is 1. The van der Waals surface area contributed by atoms with E-state index < -0.39 is 0 Å². The molecule has 2 aromatic rings. The van der Waals surface area contributed by atoms with E-state index in [1.165, 1.54) is 25.7 Å². The van der Waals surface area contributed by atoms with Crippen molar-refractivity contribution in [1.82, 2.24) is 25.1 Å². The first-order valence-electron chi connectivity index (χ1n) is 8.61. The maximum absolute atomic E-state index is 12.2. The van der Waals surface area contributed by atoms with Crippen LogP contribution in [0.3, 0.4) is 0 Å². The Bertz CT molecular complexity index is 713. The highest BCUT2D eigenvalue weighted by atomic mass is 32.2. The predicted molar refractivity (Wildman–Crippen MR) is 94.3 cm³/mol. The number of rotatable bonds is 5. The van der Waals surface area contributed by atoms with Gasteiger partial charge in [0.2, 0.25) is 5.91 Å². The fourth-order valence-corrected chi connectivity index (χ4v) is 4.63. The van der Waals surface area contributed by atoms with Crippen molar-refractivity contribution in [3.8, 4) is 0 Å². The van der Waals surface area contributed by atoms with E-state index in [0.717, 1.165) is 31.0 Å². The van der Waals surface area contributed by atoms with Crippen LogP contribution in [0.4, 0.5) is 5.82 Å². The van der Waals surface area contributed by atoms with Crippen molar-refractivity contribution in [2.75, 3.05) is 23.7 Å². The predicted octanol–water partition coefficient (Wildman–Crippen LogP) is 1.49. The first-order chi connectivity index (χ1) is 11.8. The number of carbonyl (C=O) groups is 1. The average Bonchev–Trinajstić information content (AvgIpc) is 3.33. The van der Waals surface area contributed by atoms with Gasteiger partial charge < -0.3 is 10.2 Å². The summed E-state index contributed by atoms with van der Waals surface area (Å²) in [5, 5.41) is 16.2. The van der Waals surface area contributed by atoms with Gasteiger partial charge in [-0.15, -0.1) is 27.1 Å². The zero-order valence-electron chi connectivity index (χ0n) is 13.6. The Kier molecular flexibility index (Phi) is 4.55. The molecule has 0 radical (unpaired) electrons. The molecule has 1 saturated carbocycles. The highest BCUT2D eigenvalue weighted by Gasteiger charge is 2.25. The Morgan fingerprint density at radius 2 is 2.17 bits per heavy atom. The lowest BCUT2D eigenvalue weighted by atomic mass is 10.2. The number of anilines is 1. The van der Waals surface area contributed by atoms with E-state index in [-0.39, 0.29) is 11.9 Å². The Morgan fingerprint density at radius 1 is 1.29 bits per heavy atom. The van der Waals surface area contributed by atoms with Crippen molar-refractivity contribution >= 4 is 29.1 Å². The summed E-state index contributed by atoms with van der Waals surface area (Å²) in [7, 11) is 0. The molecule has 3 heterocycles. The largest absolute Gasteiger partial charge is 0.353 e. The van der Waals surface area contributed by atoms with Gasteiger partial charge in [-0.05, 0) is 31.4 Å². The topological polar surface area (TPSA) is 75.4 Å². The minimum Gasteiger partial charge on any atom is -0.353 e. The molecule has 0 aromatic carbocycles. The van der Waals surface area contributed by atoms with Crippen molar-refractivity contribution in [3.63, 3.8) is 0 Å². The molecule has 1 aliphatic heterocycles. The lowest BCUT2D eigenvalue weighted by Crippen LogP contribution is -2.38. The van der Waals surface area contributed by atoms with E-state index in [1.54, 1.807) is 10.8 Å². The molecule has 2 aliphatic rings. The number of nitrogens with zero attached hydrogens (tertiary/aromatic N) is 5. The van der Waals surface area contributed by atoms with Gasteiger partial charge in [0.15, 0.2) is 5.65 Å². The molecule has 8 heteroatoms. The molecule has 0 unspecified atom stereocenters. The van der Waals surface area contributed by atoms with Gasteiger partial charge in [-0.1, -0.05) is 12.8 Å². The molecule has 4 rings (SSSR count). The summed E-state index contributed by atoms with van der Waals surface area (Å²) in [5.41, 5.74) is 0.742. The Morgan fingerprint density at radius 3 is 3.04 bits per heavy atom. The number of carbonyl (C=O) groups excluding carboxylic acids is 1. The van der Waals surface area contributed by atoms with Crippen LogP contribution in [0.25, 0.3) is 5.65 Å². The van der Waals surface area contributed by atoms with E-state index >= 15 is 0 Å². The van der Waals surface area contributed by atoms with E-state index in [2.05, 4.69) is 25.5 Å². The number of hydrogen-bond donors (Lipinski definition) is 1. The third kappa shape index (κ3) is 3.48. The van der Waals surface area contributed by atoms with Gasteiger partial charge >= 0.3 is 0 Å². The van der Waals surface area contributed by atoms with Gasteiger partial charge in [-0.25, -0.2) is 0 Å². The normalized spacial score (nSPS) is 21.7. The first kappa shape index (κ1) is 15.7. The zero-order valence-corrected chi connectivity index (χ0v) is 14.4. The number of aromatic nitrogens is 4. The van der Waals surface area contributed by atoms with Crippen LogP contribution >= 0.6 is 11.8 Å². The summed E-state index contributed by atoms with van der Waals surface area (Å²) in [6, 6.07) is 4.09. The van der Waals surface area contributed by atoms with Crippen molar-refractivity contribution in [1.29, 1.82) is 0 Å². The summed E-state index contributed by atoms with van der Waals surface area (Å²) in [6.07, 6.45) is 7.75. The van der Waals surface area contributed by atoms with Gasteiger partial charge in [0.1, 0.15) is 12.1 Å². The minimum absolute atomic E-state index is 0.168. The molecular formula is C16H22N6OS. The molecule has 128 valence electrons. The SMILES string of the molecule is O=C(CSC1CCCC1)N[C@H]1CCN(c2ccc3nncn3n2)C1. The lowest BCUT2D eigenvalue weighted by molar-refractivity contribution is -0.119. The number of fused-ring (bicyclic) bond motifs is 1. The quantitative estimate of drug-likeness (QED) is 0.884. The molecule has 0 bridgehead atoms. The molecular weight excluding hydrogens is 324 g/mol. The van der Waals surface area contributed by atoms with Gasteiger partial charge in [-0.2, -0.15) is 4.52 Å². The minimum atomic E-state index is 0.168. The molecule has 2 aromatic heterocycles. The molecule has 1 amide bonds. The molecule has 1 N–H and O–H groups in total. The van der Waals surface area contributed by atoms with Crippen LogP contribution in [0.1, 0.15) is 32.1 Å². The van der Waals surface area contributed by atoms with Crippen molar-refractivity contribution in [2.24, 2.45) is 0 Å². The van der Waals surface area contributed by atoms with Crippen LogP contribution in [0.5, 0.6) is 0 Å². The summed E-state index contributed by atoms with van der Waals surface area (Å²) in [5.74, 6) is 1.66. The number of hydrogen-bond acceptors (Lipinski definition) is 6. The number of thioether (sulfide) groups is 1. The second kappa shape index (κ2) is 6.96. The fraction of sp³-hybridized carbons (Fsp3) is 0.625. The number of nitrogens with one attached hydrogen (secondary N) is 1. The van der Waals surface area contributed by atoms with Crippen molar-refractivity contribution < 1.29 is 4.79 Å². The highest BCUT2D eigenvalue weighted by molar-refractivity contribution is 8.00. The molecule has 2 fully saturated rings. The van der Waals surface area contributed by atoms with E-state index in [0.29, 0.717) is 11.0 Å². The molecule has 1 atom stereocenters. The second-order valence-corrected chi connectivity index (χ2v) is 7.83. The standard InChI is InChI=1S/C16H22N6OS/c23-16(10-24-13-3-1-2-4-13)18-12-7-8-21(9-12)15-6-5-14-19-17-11-22(14)20-15/h5-6,11-13H,1-4,7-10H2,(H,18,23)/t12-/m0/s1. The van der Waals surface area contributed by atoms with E-state index in [1.807, 2.05) is 23.9 Å². The van der Waals surface area contributed by atoms with Crippen LogP contribution in [0.15, 0.2) is 18.5 Å². The third-order valence-electron chi connectivity index (χ3n) is 4.78. The Hall–Kier alpha value is -1.83. The van der Waals surface area contributed by atoms with Crippen LogP contribution in [0, 0.1) is 0 Å². The summed E-state index contributed by atoms with van der Waals surface area (Å²) in [4.78, 5) is 14.4. The highest BCUT2D eigenvalue weighted by Crippen LogP contribution is 2.29. The maximum Gasteiger partial charge on any atom is 0.230 e. The monoisotopic (exact) mass is 346 g/mol. The summed E-state index contributed by atoms with van der Waals surface area (Å²) >= 11 is 1.82. The van der Waals surface area contributed by atoms with E-state index in [4.69, 9.17) is 0 Å². The molecule has 1 saturated heterocycles. The summed E-state index contributed by atoms with van der Waals surface area (Å²) < 4.78 is 1.68. The first-order valence-corrected chi connectivity index (χ1v) is 9.66. The molecule has 7 nitrogen and oxygen atoms in total.